The maximum atomic E-state index is 15.9. The number of ether oxygens (including phenoxy) is 2. The maximum absolute atomic E-state index is 15.9. The summed E-state index contributed by atoms with van der Waals surface area (Å²) < 4.78 is 92.7. The number of nitrogens with one attached hydrogen (secondary N) is 1. The first kappa shape index (κ1) is 30.5. The third-order valence-electron chi connectivity index (χ3n) is 7.23. The molecule has 0 aliphatic carbocycles. The Morgan fingerprint density at radius 1 is 0.911 bits per heavy atom. The van der Waals surface area contributed by atoms with Gasteiger partial charge in [0.15, 0.2) is 47.4 Å². The van der Waals surface area contributed by atoms with Crippen LogP contribution in [-0.4, -0.2) is 93.9 Å². The molecule has 0 bridgehead atoms. The minimum Gasteiger partial charge on any atom is -0.382 e. The van der Waals surface area contributed by atoms with Crippen molar-refractivity contribution in [1.82, 2.24) is 39.0 Å². The third-order valence-corrected chi connectivity index (χ3v) is 9.83. The lowest BCUT2D eigenvalue weighted by atomic mass is 10.1. The monoisotopic (exact) mass is 694 g/mol. The number of phosphoric acid groups is 1. The number of hydrogen-bond donors (Lipinski definition) is 5. The fourth-order valence-electron chi connectivity index (χ4n) is 5.25. The van der Waals surface area contributed by atoms with E-state index in [2.05, 4.69) is 42.2 Å². The number of imidazole rings is 2. The predicted octanol–water partition coefficient (Wildman–Crippen LogP) is 0.550. The zero-order valence-corrected chi connectivity index (χ0v) is 25.0. The summed E-state index contributed by atoms with van der Waals surface area (Å²) in [5, 5.41) is 0. The highest BCUT2D eigenvalue weighted by Gasteiger charge is 2.54. The van der Waals surface area contributed by atoms with E-state index in [-0.39, 0.29) is 34.1 Å². The molecule has 3 fully saturated rings. The van der Waals surface area contributed by atoms with Crippen LogP contribution in [0, 0.1) is 0 Å². The second kappa shape index (κ2) is 11.0. The Bertz CT molecular complexity index is 1950. The van der Waals surface area contributed by atoms with Crippen molar-refractivity contribution < 1.29 is 50.4 Å². The number of thiol groups is 1. The molecular weight excluding hydrogens is 672 g/mol. The first-order chi connectivity index (χ1) is 21.3. The molecule has 4 aromatic heterocycles. The Labute approximate surface area is 253 Å². The highest BCUT2D eigenvalue weighted by molar-refractivity contribution is 8.44. The van der Waals surface area contributed by atoms with Crippen LogP contribution in [0.3, 0.4) is 0 Å². The second-order valence-electron chi connectivity index (χ2n) is 10.0. The Kier molecular flexibility index (Phi) is 7.47. The van der Waals surface area contributed by atoms with Crippen LogP contribution in [0.5, 0.6) is 0 Å². The van der Waals surface area contributed by atoms with E-state index in [4.69, 9.17) is 39.0 Å². The number of phosphoric ester groups is 1. The van der Waals surface area contributed by atoms with Crippen molar-refractivity contribution in [3.05, 3.63) is 29.3 Å². The van der Waals surface area contributed by atoms with Crippen LogP contribution in [0.15, 0.2) is 23.8 Å². The Morgan fingerprint density at radius 2 is 1.51 bits per heavy atom. The summed E-state index contributed by atoms with van der Waals surface area (Å²) >= 11 is 3.93. The SMILES string of the molecule is Nc1nc2c(ncn2C2OC3COP(=O)(O)O[C@@H]4C(COP(=O)(S)O[C@H]3[C@H]2F)OC(n2cnc3c(N)ncnc32)[C@@H]4F)c(=O)[nH]1. The molecule has 0 aromatic carbocycles. The molecule has 0 saturated carbocycles. The molecule has 25 heteroatoms. The zero-order chi connectivity index (χ0) is 31.8. The smallest absolute Gasteiger partial charge is 0.382 e. The molecule has 10 atom stereocenters. The van der Waals surface area contributed by atoms with Crippen LogP contribution in [0.4, 0.5) is 20.5 Å². The van der Waals surface area contributed by atoms with Crippen molar-refractivity contribution >= 4 is 61.0 Å². The minimum absolute atomic E-state index is 0.0103. The molecule has 242 valence electrons. The van der Waals surface area contributed by atoms with E-state index in [1.165, 1.54) is 6.33 Å². The van der Waals surface area contributed by atoms with Gasteiger partial charge in [-0.25, -0.2) is 37.8 Å². The van der Waals surface area contributed by atoms with E-state index in [9.17, 15) is 18.8 Å². The largest absolute Gasteiger partial charge is 0.472 e. The molecule has 6 unspecified atom stereocenters. The van der Waals surface area contributed by atoms with Crippen LogP contribution < -0.4 is 17.0 Å². The number of aromatic amines is 1. The number of rotatable bonds is 2. The Morgan fingerprint density at radius 3 is 2.20 bits per heavy atom. The average Bonchev–Trinajstić information content (AvgIpc) is 3.72. The van der Waals surface area contributed by atoms with Crippen LogP contribution in [0.25, 0.3) is 22.3 Å². The molecule has 3 saturated heterocycles. The van der Waals surface area contributed by atoms with Gasteiger partial charge in [-0.3, -0.25) is 37.0 Å². The molecule has 45 heavy (non-hydrogen) atoms. The molecule has 7 heterocycles. The van der Waals surface area contributed by atoms with E-state index >= 15 is 8.78 Å². The quantitative estimate of drug-likeness (QED) is 0.142. The molecule has 3 aliphatic rings. The van der Waals surface area contributed by atoms with Gasteiger partial charge in [0, 0.05) is 0 Å². The van der Waals surface area contributed by atoms with E-state index in [0.29, 0.717) is 0 Å². The number of halogens is 2. The lowest BCUT2D eigenvalue weighted by Crippen LogP contribution is -2.37. The van der Waals surface area contributed by atoms with E-state index < -0.39 is 82.6 Å². The third kappa shape index (κ3) is 5.41. The van der Waals surface area contributed by atoms with Crippen molar-refractivity contribution in [3.8, 4) is 0 Å². The molecule has 3 aliphatic heterocycles. The topological polar surface area (TPSA) is 269 Å². The molecule has 6 N–H and O–H groups in total. The highest BCUT2D eigenvalue weighted by Crippen LogP contribution is 2.58. The van der Waals surface area contributed by atoms with Gasteiger partial charge in [0.05, 0.1) is 25.9 Å². The Balaban J connectivity index is 1.17. The molecule has 0 radical (unpaired) electrons. The summed E-state index contributed by atoms with van der Waals surface area (Å²) in [6.07, 6.45) is -10.8. The zero-order valence-electron chi connectivity index (χ0n) is 22.3. The molecular formula is C20H22F2N10O10P2S. The number of fused-ring (bicyclic) bond motifs is 4. The standard InChI is InChI=1S/C20H22F2N10O10P2S/c21-8-12-7(40-18(8)31-4-27-10-14(23)25-3-26-15(10)31)2-38-44(36,45)42-13-6(1-37-43(34,35)41-12)39-19(9(13)22)32-5-28-11-16(32)29-20(24)30-17(11)33/h3-9,12-13,18-19H,1-2H2,(H,34,35)(H,36,45)(H2,23,25,26)(H3,24,29,30,33)/t6?,7?,8-,9-,12-,13-,18?,19?,44?/m1/s1. The maximum Gasteiger partial charge on any atom is 0.472 e. The van der Waals surface area contributed by atoms with Crippen LogP contribution in [0.2, 0.25) is 0 Å². The van der Waals surface area contributed by atoms with Gasteiger partial charge in [0.1, 0.15) is 36.3 Å². The molecule has 4 aromatic rings. The number of nitrogens with two attached hydrogens (primary N) is 2. The van der Waals surface area contributed by atoms with Crippen molar-refractivity contribution in [1.29, 1.82) is 0 Å². The van der Waals surface area contributed by atoms with Gasteiger partial charge >= 0.3 is 14.6 Å². The number of anilines is 2. The molecule has 7 rings (SSSR count). The number of aromatic nitrogens is 8. The number of H-pyrrole nitrogens is 1. The molecule has 0 amide bonds. The van der Waals surface area contributed by atoms with E-state index in [0.717, 1.165) is 21.8 Å². The number of alkyl halides is 2. The van der Waals surface area contributed by atoms with Gasteiger partial charge in [-0.15, -0.1) is 0 Å². The fraction of sp³-hybridized carbons (Fsp3) is 0.500. The van der Waals surface area contributed by atoms with Gasteiger partial charge in [-0.05, 0) is 0 Å². The molecule has 0 spiro atoms. The van der Waals surface area contributed by atoms with Gasteiger partial charge < -0.3 is 25.8 Å². The van der Waals surface area contributed by atoms with Gasteiger partial charge in [0.2, 0.25) is 5.95 Å². The van der Waals surface area contributed by atoms with Crippen molar-refractivity contribution in [2.24, 2.45) is 0 Å². The summed E-state index contributed by atoms with van der Waals surface area (Å²) in [7, 11) is -5.12. The number of nitrogen functional groups attached to an aromatic ring is 2. The number of nitrogens with zero attached hydrogens (tertiary/aromatic N) is 7. The molecule has 20 nitrogen and oxygen atoms in total. The van der Waals surface area contributed by atoms with E-state index in [1.807, 2.05) is 0 Å². The van der Waals surface area contributed by atoms with Gasteiger partial charge in [-0.1, -0.05) is 12.2 Å². The first-order valence-corrected chi connectivity index (χ1v) is 17.1. The van der Waals surface area contributed by atoms with Crippen LogP contribution >= 0.6 is 26.9 Å². The number of hydrogen-bond acceptors (Lipinski definition) is 16. The van der Waals surface area contributed by atoms with Gasteiger partial charge in [-0.2, -0.15) is 4.98 Å². The highest BCUT2D eigenvalue weighted by atomic mass is 32.7. The summed E-state index contributed by atoms with van der Waals surface area (Å²) in [5.74, 6) is -0.281. The average molecular weight is 694 g/mol. The van der Waals surface area contributed by atoms with E-state index in [1.54, 1.807) is 0 Å². The van der Waals surface area contributed by atoms with Gasteiger partial charge in [0.25, 0.3) is 5.56 Å². The normalized spacial score (nSPS) is 37.7. The summed E-state index contributed by atoms with van der Waals surface area (Å²) in [6.45, 7) is -6.13. The predicted molar refractivity (Wildman–Crippen MR) is 148 cm³/mol. The summed E-state index contributed by atoms with van der Waals surface area (Å²) in [4.78, 5) is 44.7. The summed E-state index contributed by atoms with van der Waals surface area (Å²) in [5.41, 5.74) is 10.6. The first-order valence-electron chi connectivity index (χ1n) is 12.9. The lowest BCUT2D eigenvalue weighted by Gasteiger charge is -2.27. The summed E-state index contributed by atoms with van der Waals surface area (Å²) in [6, 6.07) is 0. The lowest BCUT2D eigenvalue weighted by molar-refractivity contribution is -0.0605. The van der Waals surface area contributed by atoms with Crippen molar-refractivity contribution in [3.63, 3.8) is 0 Å². The Hall–Kier alpha value is -3.11. The minimum atomic E-state index is -5.12. The van der Waals surface area contributed by atoms with Crippen molar-refractivity contribution in [2.75, 3.05) is 24.7 Å². The van der Waals surface area contributed by atoms with Crippen LogP contribution in [-0.2, 0) is 36.7 Å². The second-order valence-corrected chi connectivity index (χ2v) is 14.3. The fourth-order valence-corrected chi connectivity index (χ4v) is 7.68. The van der Waals surface area contributed by atoms with Crippen LogP contribution in [0.1, 0.15) is 12.5 Å². The van der Waals surface area contributed by atoms with Crippen molar-refractivity contribution in [2.45, 2.75) is 49.2 Å².